The molecule has 2 heterocycles. The van der Waals surface area contributed by atoms with Crippen LogP contribution < -0.4 is 5.32 Å². The van der Waals surface area contributed by atoms with Gasteiger partial charge in [-0.3, -0.25) is 4.79 Å². The van der Waals surface area contributed by atoms with Crippen molar-refractivity contribution < 1.29 is 9.21 Å². The van der Waals surface area contributed by atoms with E-state index in [0.29, 0.717) is 28.1 Å². The van der Waals surface area contributed by atoms with Gasteiger partial charge in [0.25, 0.3) is 11.8 Å². The molecule has 0 aliphatic heterocycles. The van der Waals surface area contributed by atoms with E-state index in [1.165, 1.54) is 11.3 Å². The van der Waals surface area contributed by atoms with E-state index < -0.39 is 0 Å². The summed E-state index contributed by atoms with van der Waals surface area (Å²) in [6, 6.07) is 7.23. The predicted octanol–water partition coefficient (Wildman–Crippen LogP) is 5.04. The first-order valence-electron chi connectivity index (χ1n) is 7.03. The zero-order chi connectivity index (χ0) is 17.3. The highest BCUT2D eigenvalue weighted by molar-refractivity contribution is 7.98. The van der Waals surface area contributed by atoms with Gasteiger partial charge in [0.15, 0.2) is 0 Å². The number of nitrogens with one attached hydrogen (secondary N) is 1. The summed E-state index contributed by atoms with van der Waals surface area (Å²) in [6.07, 6.45) is 1.95. The van der Waals surface area contributed by atoms with Crippen LogP contribution in [0.5, 0.6) is 0 Å². The van der Waals surface area contributed by atoms with Crippen molar-refractivity contribution >= 4 is 46.3 Å². The van der Waals surface area contributed by atoms with Crippen molar-refractivity contribution in [3.05, 3.63) is 45.6 Å². The normalized spacial score (nSPS) is 10.8. The van der Waals surface area contributed by atoms with Gasteiger partial charge in [0, 0.05) is 16.7 Å². The van der Waals surface area contributed by atoms with Crippen molar-refractivity contribution in [1.29, 1.82) is 0 Å². The van der Waals surface area contributed by atoms with Gasteiger partial charge >= 0.3 is 0 Å². The lowest BCUT2D eigenvalue weighted by atomic mass is 10.2. The molecule has 0 aliphatic rings. The van der Waals surface area contributed by atoms with E-state index in [9.17, 15) is 4.79 Å². The second-order valence-electron chi connectivity index (χ2n) is 5.01. The number of carbonyl (C=O) groups excluding carboxylic acids is 1. The summed E-state index contributed by atoms with van der Waals surface area (Å²) < 4.78 is 5.43. The number of thioether (sulfide) groups is 1. The smallest absolute Gasteiger partial charge is 0.257 e. The molecule has 0 saturated heterocycles. The van der Waals surface area contributed by atoms with E-state index >= 15 is 0 Å². The van der Waals surface area contributed by atoms with Crippen LogP contribution in [0.25, 0.3) is 10.8 Å². The molecule has 0 spiro atoms. The number of thiophene rings is 1. The molecule has 2 aromatic heterocycles. The van der Waals surface area contributed by atoms with Gasteiger partial charge in [0.05, 0.1) is 21.2 Å². The maximum absolute atomic E-state index is 12.6. The minimum atomic E-state index is -0.245. The number of amides is 1. The summed E-state index contributed by atoms with van der Waals surface area (Å²) in [4.78, 5) is 15.3. The first-order chi connectivity index (χ1) is 11.5. The molecule has 1 amide bonds. The molecule has 3 rings (SSSR count). The van der Waals surface area contributed by atoms with Crippen LogP contribution in [0.1, 0.15) is 21.1 Å². The Hall–Kier alpha value is -1.83. The molecule has 0 fully saturated rings. The molecule has 24 heavy (non-hydrogen) atoms. The highest BCUT2D eigenvalue weighted by atomic mass is 35.5. The van der Waals surface area contributed by atoms with Crippen LogP contribution in [0.4, 0.5) is 5.69 Å². The number of aromatic nitrogens is 2. The van der Waals surface area contributed by atoms with E-state index in [4.69, 9.17) is 16.0 Å². The number of carbonyl (C=O) groups is 1. The molecule has 0 saturated carbocycles. The van der Waals surface area contributed by atoms with Crippen molar-refractivity contribution in [3.63, 3.8) is 0 Å². The Balaban J connectivity index is 1.86. The highest BCUT2D eigenvalue weighted by Crippen LogP contribution is 2.34. The van der Waals surface area contributed by atoms with Gasteiger partial charge in [-0.2, -0.15) is 0 Å². The fraction of sp³-hybridized carbons (Fsp3) is 0.188. The minimum absolute atomic E-state index is 0.245. The Kier molecular flexibility index (Phi) is 4.93. The second kappa shape index (κ2) is 6.96. The summed E-state index contributed by atoms with van der Waals surface area (Å²) in [5, 5.41) is 11.2. The fourth-order valence-electron chi connectivity index (χ4n) is 2.10. The molecule has 0 aliphatic carbocycles. The Labute approximate surface area is 152 Å². The number of rotatable bonds is 4. The number of hydrogen-bond donors (Lipinski definition) is 1. The Morgan fingerprint density at radius 1 is 1.29 bits per heavy atom. The van der Waals surface area contributed by atoms with Gasteiger partial charge < -0.3 is 9.73 Å². The largest absolute Gasteiger partial charge is 0.420 e. The SMILES string of the molecule is CSc1ccc(Cl)c(C(=O)Nc2cc(-c3nnc(C)o3)sc2C)c1. The first-order valence-corrected chi connectivity index (χ1v) is 9.45. The number of halogens is 1. The second-order valence-corrected chi connectivity index (χ2v) is 7.55. The molecule has 0 bridgehead atoms. The van der Waals surface area contributed by atoms with Crippen molar-refractivity contribution in [1.82, 2.24) is 10.2 Å². The third-order valence-electron chi connectivity index (χ3n) is 3.32. The van der Waals surface area contributed by atoms with Crippen LogP contribution in [0.3, 0.4) is 0 Å². The topological polar surface area (TPSA) is 68.0 Å². The van der Waals surface area contributed by atoms with Crippen LogP contribution in [-0.4, -0.2) is 22.4 Å². The third kappa shape index (κ3) is 3.48. The number of benzene rings is 1. The van der Waals surface area contributed by atoms with Gasteiger partial charge in [-0.25, -0.2) is 0 Å². The average Bonchev–Trinajstić information content (AvgIpc) is 3.14. The summed E-state index contributed by atoms with van der Waals surface area (Å²) in [6.45, 7) is 3.66. The fourth-order valence-corrected chi connectivity index (χ4v) is 3.64. The van der Waals surface area contributed by atoms with Crippen LogP contribution in [-0.2, 0) is 0 Å². The predicted molar refractivity (Wildman–Crippen MR) is 98.3 cm³/mol. The molecule has 124 valence electrons. The summed E-state index contributed by atoms with van der Waals surface area (Å²) in [5.74, 6) is 0.705. The molecular weight excluding hydrogens is 366 g/mol. The van der Waals surface area contributed by atoms with Crippen molar-refractivity contribution in [3.8, 4) is 10.8 Å². The zero-order valence-corrected chi connectivity index (χ0v) is 15.6. The Morgan fingerprint density at radius 3 is 2.75 bits per heavy atom. The summed E-state index contributed by atoms with van der Waals surface area (Å²) in [5.41, 5.74) is 1.16. The monoisotopic (exact) mass is 379 g/mol. The molecule has 0 unspecified atom stereocenters. The van der Waals surface area contributed by atoms with E-state index in [2.05, 4.69) is 15.5 Å². The van der Waals surface area contributed by atoms with E-state index in [1.54, 1.807) is 30.8 Å². The van der Waals surface area contributed by atoms with Crippen molar-refractivity contribution in [2.24, 2.45) is 0 Å². The molecule has 8 heteroatoms. The minimum Gasteiger partial charge on any atom is -0.420 e. The molecule has 1 N–H and O–H groups in total. The number of anilines is 1. The lowest BCUT2D eigenvalue weighted by molar-refractivity contribution is 0.102. The molecule has 3 aromatic rings. The maximum Gasteiger partial charge on any atom is 0.257 e. The molecular formula is C16H14ClN3O2S2. The van der Waals surface area contributed by atoms with Crippen LogP contribution >= 0.6 is 34.7 Å². The summed E-state index contributed by atoms with van der Waals surface area (Å²) >= 11 is 9.20. The quantitative estimate of drug-likeness (QED) is 0.643. The van der Waals surface area contributed by atoms with Gasteiger partial charge in [-0.15, -0.1) is 33.3 Å². The standard InChI is InChI=1S/C16H14ClN3O2S2/c1-8-13(7-14(24-8)16-20-19-9(2)22-16)18-15(21)11-6-10(23-3)4-5-12(11)17/h4-7H,1-3H3,(H,18,21). The van der Waals surface area contributed by atoms with Crippen molar-refractivity contribution in [2.45, 2.75) is 18.7 Å². The third-order valence-corrected chi connectivity index (χ3v) is 5.41. The molecule has 0 radical (unpaired) electrons. The van der Waals surface area contributed by atoms with Gasteiger partial charge in [-0.05, 0) is 37.4 Å². The summed E-state index contributed by atoms with van der Waals surface area (Å²) in [7, 11) is 0. The Bertz CT molecular complexity index is 905. The zero-order valence-electron chi connectivity index (χ0n) is 13.2. The highest BCUT2D eigenvalue weighted by Gasteiger charge is 2.16. The van der Waals surface area contributed by atoms with Crippen LogP contribution in [0.15, 0.2) is 33.6 Å². The number of hydrogen-bond acceptors (Lipinski definition) is 6. The van der Waals surface area contributed by atoms with E-state index in [-0.39, 0.29) is 5.91 Å². The number of nitrogens with zero attached hydrogens (tertiary/aromatic N) is 2. The number of aryl methyl sites for hydroxylation is 2. The lowest BCUT2D eigenvalue weighted by Gasteiger charge is -2.07. The van der Waals surface area contributed by atoms with Gasteiger partial charge in [-0.1, -0.05) is 11.6 Å². The Morgan fingerprint density at radius 2 is 2.08 bits per heavy atom. The molecule has 5 nitrogen and oxygen atoms in total. The van der Waals surface area contributed by atoms with Crippen LogP contribution in [0.2, 0.25) is 5.02 Å². The van der Waals surface area contributed by atoms with E-state index in [0.717, 1.165) is 14.6 Å². The van der Waals surface area contributed by atoms with Crippen LogP contribution in [0, 0.1) is 13.8 Å². The molecule has 1 aromatic carbocycles. The lowest BCUT2D eigenvalue weighted by Crippen LogP contribution is -2.12. The maximum atomic E-state index is 12.6. The first kappa shape index (κ1) is 17.0. The van der Waals surface area contributed by atoms with E-state index in [1.807, 2.05) is 25.3 Å². The van der Waals surface area contributed by atoms with Gasteiger partial charge in [0.2, 0.25) is 5.89 Å². The van der Waals surface area contributed by atoms with Crippen molar-refractivity contribution in [2.75, 3.05) is 11.6 Å². The van der Waals surface area contributed by atoms with Gasteiger partial charge in [0.1, 0.15) is 0 Å². The molecule has 0 atom stereocenters. The average molecular weight is 380 g/mol.